The summed E-state index contributed by atoms with van der Waals surface area (Å²) < 4.78 is 14.6. The molecule has 3 N–H and O–H groups in total. The summed E-state index contributed by atoms with van der Waals surface area (Å²) in [5.41, 5.74) is 8.15. The van der Waals surface area contributed by atoms with Crippen molar-refractivity contribution in [1.29, 1.82) is 0 Å². The maximum absolute atomic E-state index is 13.2. The molecule has 0 saturated carbocycles. The molecule has 0 atom stereocenters. The first kappa shape index (κ1) is 36.5. The number of allylic oxidation sites excluding steroid dienone is 2. The van der Waals surface area contributed by atoms with E-state index in [0.717, 1.165) is 38.2 Å². The van der Waals surface area contributed by atoms with Gasteiger partial charge in [-0.3, -0.25) is 29.3 Å². The van der Waals surface area contributed by atoms with Gasteiger partial charge in [0.2, 0.25) is 18.3 Å². The summed E-state index contributed by atoms with van der Waals surface area (Å²) in [5.74, 6) is 0.107. The van der Waals surface area contributed by atoms with E-state index in [9.17, 15) is 14.4 Å². The van der Waals surface area contributed by atoms with Crippen molar-refractivity contribution in [2.24, 2.45) is 5.73 Å². The molecule has 1 aliphatic rings. The molecule has 1 aromatic carbocycles. The van der Waals surface area contributed by atoms with Crippen molar-refractivity contribution < 1.29 is 23.9 Å². The molecule has 252 valence electrons. The number of carbonyl (C=O) groups excluding carboxylic acids is 3. The fourth-order valence-electron chi connectivity index (χ4n) is 4.70. The van der Waals surface area contributed by atoms with E-state index in [1.807, 2.05) is 45.3 Å². The van der Waals surface area contributed by atoms with Crippen molar-refractivity contribution in [3.05, 3.63) is 47.3 Å². The van der Waals surface area contributed by atoms with Crippen molar-refractivity contribution in [3.63, 3.8) is 0 Å². The molecule has 46 heavy (non-hydrogen) atoms. The lowest BCUT2D eigenvalue weighted by molar-refractivity contribution is -0.119. The first-order valence-corrected chi connectivity index (χ1v) is 15.9. The molecular formula is C32H47ClN8O5. The van der Waals surface area contributed by atoms with E-state index >= 15 is 0 Å². The largest absolute Gasteiger partial charge is 0.491 e. The first-order valence-electron chi connectivity index (χ1n) is 15.4. The fraction of sp³-hybridized carbons (Fsp3) is 0.531. The Balaban J connectivity index is 0.000000875. The van der Waals surface area contributed by atoms with Gasteiger partial charge in [0.15, 0.2) is 0 Å². The molecule has 1 saturated heterocycles. The number of hydrogen-bond acceptors (Lipinski definition) is 8. The highest BCUT2D eigenvalue weighted by atomic mass is 35.5. The van der Waals surface area contributed by atoms with Crippen molar-refractivity contribution in [2.75, 3.05) is 57.6 Å². The van der Waals surface area contributed by atoms with Gasteiger partial charge in [0, 0.05) is 64.4 Å². The van der Waals surface area contributed by atoms with Crippen LogP contribution in [0, 0.1) is 6.92 Å². The lowest BCUT2D eigenvalue weighted by Crippen LogP contribution is -2.46. The van der Waals surface area contributed by atoms with Gasteiger partial charge >= 0.3 is 0 Å². The minimum Gasteiger partial charge on any atom is -0.491 e. The van der Waals surface area contributed by atoms with Gasteiger partial charge in [-0.05, 0) is 59.2 Å². The van der Waals surface area contributed by atoms with E-state index in [1.54, 1.807) is 41.0 Å². The van der Waals surface area contributed by atoms with E-state index in [1.165, 1.54) is 0 Å². The summed E-state index contributed by atoms with van der Waals surface area (Å²) in [6, 6.07) is 4.92. The third-order valence-corrected chi connectivity index (χ3v) is 7.52. The molecule has 0 unspecified atom stereocenters. The molecule has 0 aliphatic carbocycles. The number of imidazole rings is 1. The van der Waals surface area contributed by atoms with Crippen LogP contribution in [-0.2, 0) is 22.6 Å². The van der Waals surface area contributed by atoms with Gasteiger partial charge in [-0.2, -0.15) is 5.10 Å². The van der Waals surface area contributed by atoms with Gasteiger partial charge in [0.05, 0.1) is 23.4 Å². The standard InChI is InChI=1S/C27H35ClN8O4.C5H12O/c1-3-36-22(15-19(2)32-36)26(39)31-27-30-21-16-20(25(29)38)17-23(24(21)35(27)9-5-4-7-28)40-14-6-8-33-10-12-34(18-37)13-11-33;1-5(2,3)6-4/h4-5,15-18H,3,6-14H2,1-2H3,(H2,29,38)(H,30,31,39);1-4H3/b5-4+;. The molecule has 0 radical (unpaired) electrons. The average Bonchev–Trinajstić information content (AvgIpc) is 3.58. The number of halogens is 1. The second-order valence-corrected chi connectivity index (χ2v) is 12.1. The highest BCUT2D eigenvalue weighted by molar-refractivity contribution is 6.18. The number of benzene rings is 1. The minimum absolute atomic E-state index is 0.0417. The van der Waals surface area contributed by atoms with E-state index in [4.69, 9.17) is 26.8 Å². The topological polar surface area (TPSA) is 150 Å². The summed E-state index contributed by atoms with van der Waals surface area (Å²) >= 11 is 5.86. The summed E-state index contributed by atoms with van der Waals surface area (Å²) in [7, 11) is 1.71. The van der Waals surface area contributed by atoms with Gasteiger partial charge in [0.1, 0.15) is 17.0 Å². The van der Waals surface area contributed by atoms with Gasteiger partial charge in [-0.15, -0.1) is 11.6 Å². The molecule has 3 aromatic rings. The van der Waals surface area contributed by atoms with Crippen LogP contribution in [-0.4, -0.2) is 105 Å². The second kappa shape index (κ2) is 17.1. The molecular weight excluding hydrogens is 612 g/mol. The van der Waals surface area contributed by atoms with Crippen LogP contribution < -0.4 is 15.8 Å². The number of rotatable bonds is 13. The van der Waals surface area contributed by atoms with E-state index in [2.05, 4.69) is 20.3 Å². The molecule has 0 bridgehead atoms. The smallest absolute Gasteiger partial charge is 0.276 e. The number of amides is 3. The van der Waals surface area contributed by atoms with Crippen LogP contribution in [0.15, 0.2) is 30.4 Å². The number of nitrogens with one attached hydrogen (secondary N) is 1. The normalized spacial score (nSPS) is 13.9. The van der Waals surface area contributed by atoms with Crippen LogP contribution in [0.25, 0.3) is 11.0 Å². The molecule has 13 nitrogen and oxygen atoms in total. The molecule has 4 rings (SSSR count). The zero-order valence-corrected chi connectivity index (χ0v) is 28.5. The molecule has 1 fully saturated rings. The third kappa shape index (κ3) is 10.3. The van der Waals surface area contributed by atoms with E-state index in [-0.39, 0.29) is 17.1 Å². The number of ether oxygens (including phenoxy) is 2. The molecule has 0 spiro atoms. The van der Waals surface area contributed by atoms with Crippen LogP contribution in [0.5, 0.6) is 5.75 Å². The van der Waals surface area contributed by atoms with Crippen molar-refractivity contribution >= 4 is 46.8 Å². The molecule has 3 heterocycles. The van der Waals surface area contributed by atoms with Crippen molar-refractivity contribution in [1.82, 2.24) is 29.1 Å². The Bertz CT molecular complexity index is 1500. The Morgan fingerprint density at radius 1 is 1.13 bits per heavy atom. The number of hydrogen-bond donors (Lipinski definition) is 2. The summed E-state index contributed by atoms with van der Waals surface area (Å²) in [5, 5.41) is 7.26. The van der Waals surface area contributed by atoms with Crippen LogP contribution in [0.4, 0.5) is 5.95 Å². The van der Waals surface area contributed by atoms with Crippen molar-refractivity contribution in [2.45, 2.75) is 59.7 Å². The van der Waals surface area contributed by atoms with Gasteiger partial charge in [0.25, 0.3) is 5.91 Å². The fourth-order valence-corrected chi connectivity index (χ4v) is 4.82. The SMILES string of the molecule is CCn1nc(C)cc1C(=O)Nc1nc2cc(C(N)=O)cc(OCCCN3CCN(C=O)CC3)c2n1C/C=C/CCl.COC(C)(C)C. The quantitative estimate of drug-likeness (QED) is 0.122. The Morgan fingerprint density at radius 3 is 2.41 bits per heavy atom. The molecule has 2 aromatic heterocycles. The minimum atomic E-state index is -0.607. The van der Waals surface area contributed by atoms with Gasteiger partial charge in [-0.1, -0.05) is 12.2 Å². The number of aryl methyl sites for hydroxylation is 2. The maximum atomic E-state index is 13.2. The van der Waals surface area contributed by atoms with Crippen molar-refractivity contribution in [3.8, 4) is 5.75 Å². The van der Waals surface area contributed by atoms with Crippen LogP contribution >= 0.6 is 11.6 Å². The maximum Gasteiger partial charge on any atom is 0.276 e. The number of fused-ring (bicyclic) bond motifs is 1. The Hall–Kier alpha value is -3.94. The Morgan fingerprint density at radius 2 is 1.83 bits per heavy atom. The Labute approximate surface area is 275 Å². The first-order chi connectivity index (χ1) is 21.9. The summed E-state index contributed by atoms with van der Waals surface area (Å²) in [6.45, 7) is 15.0. The monoisotopic (exact) mass is 658 g/mol. The van der Waals surface area contributed by atoms with Crippen LogP contribution in [0.1, 0.15) is 60.7 Å². The summed E-state index contributed by atoms with van der Waals surface area (Å²) in [6.07, 6.45) is 5.30. The number of piperazine rings is 1. The highest BCUT2D eigenvalue weighted by Gasteiger charge is 2.22. The van der Waals surface area contributed by atoms with E-state index in [0.29, 0.717) is 67.1 Å². The number of alkyl halides is 1. The molecule has 14 heteroatoms. The highest BCUT2D eigenvalue weighted by Crippen LogP contribution is 2.31. The predicted octanol–water partition coefficient (Wildman–Crippen LogP) is 3.68. The van der Waals surface area contributed by atoms with Gasteiger partial charge in [-0.25, -0.2) is 4.98 Å². The zero-order valence-electron chi connectivity index (χ0n) is 27.7. The lowest BCUT2D eigenvalue weighted by Gasteiger charge is -2.32. The zero-order chi connectivity index (χ0) is 33.9. The second-order valence-electron chi connectivity index (χ2n) is 11.8. The van der Waals surface area contributed by atoms with E-state index < -0.39 is 5.91 Å². The number of aromatic nitrogens is 4. The predicted molar refractivity (Wildman–Crippen MR) is 180 cm³/mol. The van der Waals surface area contributed by atoms with Gasteiger partial charge < -0.3 is 24.7 Å². The van der Waals surface area contributed by atoms with Crippen LogP contribution in [0.3, 0.4) is 0 Å². The number of methoxy groups -OCH3 is 1. The number of nitrogens with two attached hydrogens (primary N) is 1. The van der Waals surface area contributed by atoms with Crippen LogP contribution in [0.2, 0.25) is 0 Å². The number of carbonyl (C=O) groups is 3. The lowest BCUT2D eigenvalue weighted by atomic mass is 10.1. The number of primary amides is 1. The Kier molecular flexibility index (Phi) is 13.6. The molecule has 3 amide bonds. The molecule has 1 aliphatic heterocycles. The number of anilines is 1. The third-order valence-electron chi connectivity index (χ3n) is 7.34. The average molecular weight is 659 g/mol. The number of nitrogens with zero attached hydrogens (tertiary/aromatic N) is 6. The summed E-state index contributed by atoms with van der Waals surface area (Å²) in [4.78, 5) is 45.0.